The number of oxazole rings is 1. The standard InChI is InChI=1S/C22H22N4O5/c1-30-18-11-16(3-4-17(18)19-13-23-14-31-19)24-20(27)21(28)25-22(7-2-8-22)12-15-5-9-26(29)10-6-15/h3-6,9-11,13-14H,2,7-8,12H2,1H3,(H,24,27)(H,25,28). The van der Waals surface area contributed by atoms with E-state index >= 15 is 0 Å². The van der Waals surface area contributed by atoms with Crippen LogP contribution in [0.3, 0.4) is 0 Å². The fraction of sp³-hybridized carbons (Fsp3) is 0.273. The molecule has 1 saturated carbocycles. The molecule has 1 aliphatic rings. The maximum Gasteiger partial charge on any atom is 0.313 e. The van der Waals surface area contributed by atoms with E-state index in [9.17, 15) is 14.8 Å². The minimum absolute atomic E-state index is 0.422. The third-order valence-electron chi connectivity index (χ3n) is 5.47. The third kappa shape index (κ3) is 4.50. The van der Waals surface area contributed by atoms with Crippen molar-refractivity contribution in [3.05, 3.63) is 66.1 Å². The van der Waals surface area contributed by atoms with E-state index in [-0.39, 0.29) is 0 Å². The van der Waals surface area contributed by atoms with Crippen molar-refractivity contribution in [1.29, 1.82) is 0 Å². The molecule has 0 bridgehead atoms. The number of pyridine rings is 1. The van der Waals surface area contributed by atoms with Crippen molar-refractivity contribution < 1.29 is 23.5 Å². The summed E-state index contributed by atoms with van der Waals surface area (Å²) >= 11 is 0. The Bertz CT molecular complexity index is 1080. The van der Waals surface area contributed by atoms with Crippen LogP contribution in [0, 0.1) is 5.21 Å². The Kier molecular flexibility index (Phi) is 5.57. The molecule has 4 rings (SSSR count). The summed E-state index contributed by atoms with van der Waals surface area (Å²) in [6.45, 7) is 0. The van der Waals surface area contributed by atoms with Gasteiger partial charge in [-0.05, 0) is 43.4 Å². The van der Waals surface area contributed by atoms with E-state index in [2.05, 4.69) is 15.6 Å². The van der Waals surface area contributed by atoms with Gasteiger partial charge < -0.3 is 25.0 Å². The molecule has 0 spiro atoms. The van der Waals surface area contributed by atoms with Gasteiger partial charge in [-0.15, -0.1) is 0 Å². The van der Waals surface area contributed by atoms with Crippen LogP contribution >= 0.6 is 0 Å². The van der Waals surface area contributed by atoms with Crippen LogP contribution in [0.1, 0.15) is 24.8 Å². The summed E-state index contributed by atoms with van der Waals surface area (Å²) < 4.78 is 11.4. The van der Waals surface area contributed by atoms with E-state index in [1.54, 1.807) is 36.5 Å². The molecule has 0 atom stereocenters. The summed E-state index contributed by atoms with van der Waals surface area (Å²) in [6.07, 6.45) is 8.81. The molecule has 0 aliphatic heterocycles. The Balaban J connectivity index is 1.42. The second kappa shape index (κ2) is 8.47. The summed E-state index contributed by atoms with van der Waals surface area (Å²) in [4.78, 5) is 29.0. The van der Waals surface area contributed by atoms with E-state index in [0.29, 0.717) is 33.9 Å². The zero-order chi connectivity index (χ0) is 21.8. The van der Waals surface area contributed by atoms with E-state index in [4.69, 9.17) is 9.15 Å². The van der Waals surface area contributed by atoms with E-state index in [0.717, 1.165) is 24.8 Å². The van der Waals surface area contributed by atoms with Gasteiger partial charge in [-0.3, -0.25) is 9.59 Å². The number of hydrogen-bond acceptors (Lipinski definition) is 6. The van der Waals surface area contributed by atoms with Gasteiger partial charge in [0, 0.05) is 29.4 Å². The lowest BCUT2D eigenvalue weighted by Gasteiger charge is -2.42. The number of carbonyl (C=O) groups excluding carboxylic acids is 2. The molecule has 3 aromatic rings. The molecule has 2 amide bonds. The Hall–Kier alpha value is -3.88. The van der Waals surface area contributed by atoms with Gasteiger partial charge >= 0.3 is 11.8 Å². The monoisotopic (exact) mass is 422 g/mol. The van der Waals surface area contributed by atoms with Gasteiger partial charge in [0.1, 0.15) is 5.75 Å². The van der Waals surface area contributed by atoms with Crippen LogP contribution in [0.15, 0.2) is 59.7 Å². The number of carbonyl (C=O) groups is 2. The van der Waals surface area contributed by atoms with Gasteiger partial charge in [0.05, 0.1) is 18.9 Å². The van der Waals surface area contributed by atoms with Crippen LogP contribution in [-0.2, 0) is 16.0 Å². The quantitative estimate of drug-likeness (QED) is 0.357. The molecule has 0 saturated heterocycles. The average Bonchev–Trinajstić information content (AvgIpc) is 3.28. The molecule has 1 aliphatic carbocycles. The number of aromatic nitrogens is 2. The highest BCUT2D eigenvalue weighted by Crippen LogP contribution is 2.35. The lowest BCUT2D eigenvalue weighted by atomic mass is 9.73. The Morgan fingerprint density at radius 1 is 1.23 bits per heavy atom. The number of benzene rings is 1. The summed E-state index contributed by atoms with van der Waals surface area (Å²) in [5.74, 6) is -0.452. The van der Waals surface area contributed by atoms with Crippen LogP contribution in [0.5, 0.6) is 5.75 Å². The third-order valence-corrected chi connectivity index (χ3v) is 5.47. The van der Waals surface area contributed by atoms with Gasteiger partial charge in [-0.2, -0.15) is 4.73 Å². The summed E-state index contributed by atoms with van der Waals surface area (Å²) in [6, 6.07) is 8.44. The first-order valence-corrected chi connectivity index (χ1v) is 9.86. The first kappa shape index (κ1) is 20.4. The average molecular weight is 422 g/mol. The number of ether oxygens (including phenoxy) is 1. The molecular weight excluding hydrogens is 400 g/mol. The SMILES string of the molecule is COc1cc(NC(=O)C(=O)NC2(Cc3cc[n+]([O-])cc3)CCC2)ccc1-c1cnco1. The largest absolute Gasteiger partial charge is 0.619 e. The van der Waals surface area contributed by atoms with Crippen LogP contribution in [0.4, 0.5) is 5.69 Å². The molecule has 31 heavy (non-hydrogen) atoms. The van der Waals surface area contributed by atoms with Crippen LogP contribution in [-0.4, -0.2) is 29.4 Å². The van der Waals surface area contributed by atoms with Crippen molar-refractivity contribution in [2.24, 2.45) is 0 Å². The minimum Gasteiger partial charge on any atom is -0.619 e. The molecule has 2 aromatic heterocycles. The van der Waals surface area contributed by atoms with Crippen LogP contribution < -0.4 is 20.1 Å². The molecule has 9 heteroatoms. The lowest BCUT2D eigenvalue weighted by molar-refractivity contribution is -0.605. The normalized spacial score (nSPS) is 14.4. The highest BCUT2D eigenvalue weighted by molar-refractivity contribution is 6.39. The fourth-order valence-corrected chi connectivity index (χ4v) is 3.71. The van der Waals surface area contributed by atoms with Gasteiger partial charge in [0.15, 0.2) is 24.5 Å². The molecular formula is C22H22N4O5. The van der Waals surface area contributed by atoms with Crippen molar-refractivity contribution in [3.8, 4) is 17.1 Å². The molecule has 1 fully saturated rings. The van der Waals surface area contributed by atoms with Gasteiger partial charge in [-0.1, -0.05) is 0 Å². The predicted octanol–water partition coefficient (Wildman–Crippen LogP) is 2.20. The summed E-state index contributed by atoms with van der Waals surface area (Å²) in [5.41, 5.74) is 1.56. The van der Waals surface area contributed by atoms with Crippen molar-refractivity contribution >= 4 is 17.5 Å². The van der Waals surface area contributed by atoms with E-state index in [1.165, 1.54) is 25.9 Å². The van der Waals surface area contributed by atoms with Crippen LogP contribution in [0.25, 0.3) is 11.3 Å². The van der Waals surface area contributed by atoms with Crippen molar-refractivity contribution in [2.45, 2.75) is 31.2 Å². The Labute approximate surface area is 178 Å². The van der Waals surface area contributed by atoms with E-state index in [1.807, 2.05) is 0 Å². The second-order valence-corrected chi connectivity index (χ2v) is 7.57. The molecule has 1 aromatic carbocycles. The topological polar surface area (TPSA) is 120 Å². The minimum atomic E-state index is -0.758. The first-order chi connectivity index (χ1) is 15.0. The van der Waals surface area contributed by atoms with Gasteiger partial charge in [0.2, 0.25) is 0 Å². The fourth-order valence-electron chi connectivity index (χ4n) is 3.71. The van der Waals surface area contributed by atoms with E-state index < -0.39 is 17.4 Å². The first-order valence-electron chi connectivity index (χ1n) is 9.86. The molecule has 160 valence electrons. The number of rotatable bonds is 6. The maximum atomic E-state index is 12.6. The number of nitrogens with zero attached hydrogens (tertiary/aromatic N) is 2. The summed E-state index contributed by atoms with van der Waals surface area (Å²) in [7, 11) is 1.51. The predicted molar refractivity (Wildman–Crippen MR) is 111 cm³/mol. The molecule has 2 N–H and O–H groups in total. The number of anilines is 1. The smallest absolute Gasteiger partial charge is 0.313 e. The second-order valence-electron chi connectivity index (χ2n) is 7.57. The molecule has 9 nitrogen and oxygen atoms in total. The lowest BCUT2D eigenvalue weighted by Crippen LogP contribution is -2.57. The van der Waals surface area contributed by atoms with Crippen molar-refractivity contribution in [1.82, 2.24) is 10.3 Å². The highest BCUT2D eigenvalue weighted by Gasteiger charge is 2.39. The molecule has 2 heterocycles. The molecule has 0 radical (unpaired) electrons. The van der Waals surface area contributed by atoms with Gasteiger partial charge in [-0.25, -0.2) is 4.98 Å². The number of methoxy groups -OCH3 is 1. The Morgan fingerprint density at radius 3 is 2.61 bits per heavy atom. The number of amides is 2. The van der Waals surface area contributed by atoms with Crippen molar-refractivity contribution in [2.75, 3.05) is 12.4 Å². The highest BCUT2D eigenvalue weighted by atomic mass is 16.5. The zero-order valence-corrected chi connectivity index (χ0v) is 17.0. The maximum absolute atomic E-state index is 12.6. The van der Waals surface area contributed by atoms with Gasteiger partial charge in [0.25, 0.3) is 0 Å². The van der Waals surface area contributed by atoms with Crippen LogP contribution in [0.2, 0.25) is 0 Å². The zero-order valence-electron chi connectivity index (χ0n) is 17.0. The number of nitrogens with one attached hydrogen (secondary N) is 2. The van der Waals surface area contributed by atoms with Crippen molar-refractivity contribution in [3.63, 3.8) is 0 Å². The number of hydrogen-bond donors (Lipinski definition) is 2. The summed E-state index contributed by atoms with van der Waals surface area (Å²) in [5, 5.41) is 16.7. The molecule has 0 unspecified atom stereocenters. The Morgan fingerprint density at radius 2 is 2.00 bits per heavy atom.